The minimum atomic E-state index is 0.101. The number of aryl methyl sites for hydroxylation is 1. The Kier molecular flexibility index (Phi) is 3.00. The summed E-state index contributed by atoms with van der Waals surface area (Å²) < 4.78 is 1.82. The number of pyridine rings is 1. The molecular weight excluding hydrogens is 242 g/mol. The van der Waals surface area contributed by atoms with E-state index in [2.05, 4.69) is 24.3 Å². The second-order valence-electron chi connectivity index (χ2n) is 4.74. The van der Waals surface area contributed by atoms with Crippen LogP contribution in [0.2, 0.25) is 0 Å². The van der Waals surface area contributed by atoms with E-state index in [0.29, 0.717) is 5.92 Å². The zero-order valence-electron chi connectivity index (χ0n) is 10.3. The molecule has 1 atom stereocenters. The second-order valence-corrected chi connectivity index (χ2v) is 5.80. The maximum atomic E-state index is 11.9. The first kappa shape index (κ1) is 11.6. The first-order valence-corrected chi connectivity index (χ1v) is 7.11. The van der Waals surface area contributed by atoms with Crippen molar-refractivity contribution in [1.29, 1.82) is 0 Å². The molecule has 3 rings (SSSR count). The molecule has 1 aliphatic rings. The molecule has 1 aliphatic heterocycles. The molecule has 18 heavy (non-hydrogen) atoms. The average Bonchev–Trinajstić information content (AvgIpc) is 2.76. The molecule has 1 aromatic heterocycles. The molecule has 1 aromatic carbocycles. The smallest absolute Gasteiger partial charge is 0.250 e. The van der Waals surface area contributed by atoms with E-state index in [1.165, 1.54) is 10.5 Å². The van der Waals surface area contributed by atoms with Crippen LogP contribution in [-0.4, -0.2) is 10.3 Å². The highest BCUT2D eigenvalue weighted by Crippen LogP contribution is 2.39. The Labute approximate surface area is 111 Å². The van der Waals surface area contributed by atoms with Crippen LogP contribution in [0.15, 0.2) is 52.3 Å². The molecule has 0 saturated carbocycles. The SMILES string of the molecule is Cc1ccn(CC2CSc3ccccc32)c(=O)c1. The normalized spacial score (nSPS) is 17.7. The third-order valence-corrected chi connectivity index (χ3v) is 4.62. The van der Waals surface area contributed by atoms with Crippen molar-refractivity contribution < 1.29 is 0 Å². The molecule has 0 amide bonds. The number of fused-ring (bicyclic) bond motifs is 1. The Hall–Kier alpha value is -1.48. The van der Waals surface area contributed by atoms with Crippen LogP contribution < -0.4 is 5.56 Å². The van der Waals surface area contributed by atoms with Crippen molar-refractivity contribution in [3.05, 3.63) is 64.1 Å². The summed E-state index contributed by atoms with van der Waals surface area (Å²) in [4.78, 5) is 13.3. The van der Waals surface area contributed by atoms with Gasteiger partial charge in [0.25, 0.3) is 5.56 Å². The van der Waals surface area contributed by atoms with Crippen molar-refractivity contribution >= 4 is 11.8 Å². The predicted octanol–water partition coefficient (Wildman–Crippen LogP) is 3.05. The molecule has 0 spiro atoms. The summed E-state index contributed by atoms with van der Waals surface area (Å²) in [6.45, 7) is 2.73. The highest BCUT2D eigenvalue weighted by Gasteiger charge is 2.22. The van der Waals surface area contributed by atoms with Gasteiger partial charge in [-0.3, -0.25) is 4.79 Å². The van der Waals surface area contributed by atoms with Gasteiger partial charge in [-0.2, -0.15) is 0 Å². The van der Waals surface area contributed by atoms with Crippen LogP contribution >= 0.6 is 11.8 Å². The molecular formula is C15H15NOS. The number of nitrogens with zero attached hydrogens (tertiary/aromatic N) is 1. The summed E-state index contributed by atoms with van der Waals surface area (Å²) in [7, 11) is 0. The van der Waals surface area contributed by atoms with Crippen molar-refractivity contribution in [2.45, 2.75) is 24.3 Å². The Morgan fingerprint density at radius 1 is 1.33 bits per heavy atom. The van der Waals surface area contributed by atoms with Gasteiger partial charge in [0.15, 0.2) is 0 Å². The maximum Gasteiger partial charge on any atom is 0.250 e. The van der Waals surface area contributed by atoms with Crippen molar-refractivity contribution in [2.75, 3.05) is 5.75 Å². The fraction of sp³-hybridized carbons (Fsp3) is 0.267. The van der Waals surface area contributed by atoms with Gasteiger partial charge in [-0.15, -0.1) is 11.8 Å². The van der Waals surface area contributed by atoms with Gasteiger partial charge in [0, 0.05) is 35.4 Å². The summed E-state index contributed by atoms with van der Waals surface area (Å²) in [6.07, 6.45) is 1.91. The van der Waals surface area contributed by atoms with Gasteiger partial charge in [0.2, 0.25) is 0 Å². The Balaban J connectivity index is 1.89. The van der Waals surface area contributed by atoms with E-state index in [0.717, 1.165) is 17.9 Å². The van der Waals surface area contributed by atoms with Gasteiger partial charge < -0.3 is 4.57 Å². The number of hydrogen-bond acceptors (Lipinski definition) is 2. The van der Waals surface area contributed by atoms with E-state index in [1.54, 1.807) is 6.07 Å². The molecule has 0 N–H and O–H groups in total. The van der Waals surface area contributed by atoms with Crippen molar-refractivity contribution in [2.24, 2.45) is 0 Å². The van der Waals surface area contributed by atoms with Crippen molar-refractivity contribution in [3.63, 3.8) is 0 Å². The molecule has 92 valence electrons. The van der Waals surface area contributed by atoms with Crippen LogP contribution in [0.4, 0.5) is 0 Å². The number of hydrogen-bond donors (Lipinski definition) is 0. The highest BCUT2D eigenvalue weighted by molar-refractivity contribution is 7.99. The van der Waals surface area contributed by atoms with Crippen LogP contribution in [0.1, 0.15) is 17.0 Å². The zero-order chi connectivity index (χ0) is 12.5. The standard InChI is InChI=1S/C15H15NOS/c1-11-6-7-16(15(17)8-11)9-12-10-18-14-5-3-2-4-13(12)14/h2-8,12H,9-10H2,1H3. The molecule has 0 saturated heterocycles. The fourth-order valence-electron chi connectivity index (χ4n) is 2.38. The molecule has 0 fully saturated rings. The van der Waals surface area contributed by atoms with Gasteiger partial charge in [0.1, 0.15) is 0 Å². The van der Waals surface area contributed by atoms with Crippen molar-refractivity contribution in [1.82, 2.24) is 4.57 Å². The second kappa shape index (κ2) is 4.65. The molecule has 2 heterocycles. The predicted molar refractivity (Wildman–Crippen MR) is 75.3 cm³/mol. The van der Waals surface area contributed by atoms with Crippen LogP contribution in [0.5, 0.6) is 0 Å². The Morgan fingerprint density at radius 2 is 2.17 bits per heavy atom. The molecule has 3 heteroatoms. The maximum absolute atomic E-state index is 11.9. The van der Waals surface area contributed by atoms with Gasteiger partial charge in [-0.1, -0.05) is 18.2 Å². The molecule has 0 aliphatic carbocycles. The fourth-order valence-corrected chi connectivity index (χ4v) is 3.62. The summed E-state index contributed by atoms with van der Waals surface area (Å²) >= 11 is 1.89. The quantitative estimate of drug-likeness (QED) is 0.825. The highest BCUT2D eigenvalue weighted by atomic mass is 32.2. The third kappa shape index (κ3) is 2.10. The van der Waals surface area contributed by atoms with E-state index in [4.69, 9.17) is 0 Å². The number of thioether (sulfide) groups is 1. The van der Waals surface area contributed by atoms with E-state index in [1.807, 2.05) is 35.5 Å². The molecule has 0 bridgehead atoms. The molecule has 0 radical (unpaired) electrons. The zero-order valence-corrected chi connectivity index (χ0v) is 11.1. The van der Waals surface area contributed by atoms with Gasteiger partial charge in [0.05, 0.1) is 0 Å². The summed E-state index contributed by atoms with van der Waals surface area (Å²) in [5.41, 5.74) is 2.51. The molecule has 2 nitrogen and oxygen atoms in total. The van der Waals surface area contributed by atoms with Crippen molar-refractivity contribution in [3.8, 4) is 0 Å². The Bertz CT molecular complexity index is 632. The minimum Gasteiger partial charge on any atom is -0.315 e. The topological polar surface area (TPSA) is 22.0 Å². The first-order valence-electron chi connectivity index (χ1n) is 6.13. The van der Waals surface area contributed by atoms with Gasteiger partial charge >= 0.3 is 0 Å². The third-order valence-electron chi connectivity index (χ3n) is 3.37. The summed E-state index contributed by atoms with van der Waals surface area (Å²) in [5, 5.41) is 0. The summed E-state index contributed by atoms with van der Waals surface area (Å²) in [5.74, 6) is 1.52. The van der Waals surface area contributed by atoms with Crippen LogP contribution in [0.25, 0.3) is 0 Å². The van der Waals surface area contributed by atoms with E-state index < -0.39 is 0 Å². The minimum absolute atomic E-state index is 0.101. The lowest BCUT2D eigenvalue weighted by Crippen LogP contribution is -2.22. The van der Waals surface area contributed by atoms with Crippen LogP contribution in [-0.2, 0) is 6.54 Å². The van der Waals surface area contributed by atoms with E-state index in [9.17, 15) is 4.79 Å². The van der Waals surface area contributed by atoms with E-state index in [-0.39, 0.29) is 5.56 Å². The van der Waals surface area contributed by atoms with Crippen LogP contribution in [0, 0.1) is 6.92 Å². The van der Waals surface area contributed by atoms with E-state index >= 15 is 0 Å². The first-order chi connectivity index (χ1) is 8.74. The molecule has 1 unspecified atom stereocenters. The lowest BCUT2D eigenvalue weighted by molar-refractivity contribution is 0.587. The Morgan fingerprint density at radius 3 is 3.00 bits per heavy atom. The van der Waals surface area contributed by atoms with Gasteiger partial charge in [-0.25, -0.2) is 0 Å². The average molecular weight is 257 g/mol. The lowest BCUT2D eigenvalue weighted by atomic mass is 10.0. The monoisotopic (exact) mass is 257 g/mol. The molecule has 2 aromatic rings. The summed E-state index contributed by atoms with van der Waals surface area (Å²) in [6, 6.07) is 12.2. The largest absolute Gasteiger partial charge is 0.315 e. The number of aromatic nitrogens is 1. The van der Waals surface area contributed by atoms with Crippen LogP contribution in [0.3, 0.4) is 0 Å². The lowest BCUT2D eigenvalue weighted by Gasteiger charge is -2.13. The number of benzene rings is 1. The van der Waals surface area contributed by atoms with Gasteiger partial charge in [-0.05, 0) is 30.2 Å². The number of rotatable bonds is 2.